The predicted octanol–water partition coefficient (Wildman–Crippen LogP) is 1.49. The van der Waals surface area contributed by atoms with E-state index in [0.29, 0.717) is 5.56 Å². The van der Waals surface area contributed by atoms with Crippen molar-refractivity contribution in [1.82, 2.24) is 0 Å². The average molecular weight is 223 g/mol. The molecule has 0 spiro atoms. The van der Waals surface area contributed by atoms with Gasteiger partial charge in [-0.05, 0) is 12.1 Å². The van der Waals surface area contributed by atoms with Crippen molar-refractivity contribution in [2.24, 2.45) is 0 Å². The summed E-state index contributed by atoms with van der Waals surface area (Å²) in [5.74, 6) is -0.841. The van der Waals surface area contributed by atoms with Gasteiger partial charge in [0.25, 0.3) is 5.69 Å². The third-order valence-corrected chi connectivity index (χ3v) is 1.82. The second-order valence-electron chi connectivity index (χ2n) is 2.86. The first-order chi connectivity index (χ1) is 7.54. The maximum atomic E-state index is 10.8. The van der Waals surface area contributed by atoms with E-state index in [1.165, 1.54) is 25.3 Å². The molecule has 0 aliphatic rings. The Labute approximate surface area is 90.9 Å². The third kappa shape index (κ3) is 2.81. The zero-order chi connectivity index (χ0) is 12.1. The average Bonchev–Trinajstić information content (AvgIpc) is 2.26. The van der Waals surface area contributed by atoms with Crippen LogP contribution >= 0.6 is 0 Å². The molecule has 0 atom stereocenters. The van der Waals surface area contributed by atoms with Crippen LogP contribution in [-0.4, -0.2) is 23.1 Å². The summed E-state index contributed by atoms with van der Waals surface area (Å²) in [4.78, 5) is 20.5. The van der Waals surface area contributed by atoms with E-state index in [9.17, 15) is 20.0 Å². The highest BCUT2D eigenvalue weighted by Gasteiger charge is 2.08. The van der Waals surface area contributed by atoms with Gasteiger partial charge in [0.15, 0.2) is 0 Å². The minimum Gasteiger partial charge on any atom is -0.507 e. The Balaban J connectivity index is 2.95. The number of phenolic OH excluding ortho intramolecular Hbond substituents is 1. The summed E-state index contributed by atoms with van der Waals surface area (Å²) >= 11 is 0. The molecular formula is C10H9NO5. The molecule has 6 heteroatoms. The number of carbonyl (C=O) groups is 1. The fourth-order valence-corrected chi connectivity index (χ4v) is 1.01. The van der Waals surface area contributed by atoms with Gasteiger partial charge < -0.3 is 9.84 Å². The molecular weight excluding hydrogens is 214 g/mol. The number of ether oxygens (including phenoxy) is 1. The quantitative estimate of drug-likeness (QED) is 0.363. The fraction of sp³-hybridized carbons (Fsp3) is 0.100. The van der Waals surface area contributed by atoms with Gasteiger partial charge in [-0.2, -0.15) is 0 Å². The lowest BCUT2D eigenvalue weighted by atomic mass is 10.1. The number of non-ortho nitro benzene ring substituents is 1. The summed E-state index contributed by atoms with van der Waals surface area (Å²) in [7, 11) is 1.22. The summed E-state index contributed by atoms with van der Waals surface area (Å²) in [5.41, 5.74) is 0.0868. The second-order valence-corrected chi connectivity index (χ2v) is 2.86. The highest BCUT2D eigenvalue weighted by Crippen LogP contribution is 2.24. The summed E-state index contributed by atoms with van der Waals surface area (Å²) < 4.78 is 4.36. The molecule has 0 radical (unpaired) electrons. The Hall–Kier alpha value is -2.37. The Bertz CT molecular complexity index is 453. The van der Waals surface area contributed by atoms with Crippen molar-refractivity contribution in [3.63, 3.8) is 0 Å². The molecule has 0 saturated carbocycles. The Kier molecular flexibility index (Phi) is 3.60. The van der Waals surface area contributed by atoms with Crippen LogP contribution in [-0.2, 0) is 9.53 Å². The Morgan fingerprint density at radius 3 is 2.75 bits per heavy atom. The molecule has 1 aromatic rings. The predicted molar refractivity (Wildman–Crippen MR) is 55.8 cm³/mol. The van der Waals surface area contributed by atoms with Crippen molar-refractivity contribution in [1.29, 1.82) is 0 Å². The maximum Gasteiger partial charge on any atom is 0.330 e. The molecule has 0 fully saturated rings. The standard InChI is InChI=1S/C10H9NO5/c1-16-10(13)5-3-7-2-4-8(11(14)15)6-9(7)12/h2-6,12H,1H3. The molecule has 0 aliphatic heterocycles. The van der Waals surface area contributed by atoms with Crippen molar-refractivity contribution < 1.29 is 19.6 Å². The Morgan fingerprint density at radius 1 is 1.56 bits per heavy atom. The molecule has 0 aliphatic carbocycles. The van der Waals surface area contributed by atoms with E-state index >= 15 is 0 Å². The van der Waals surface area contributed by atoms with Gasteiger partial charge in [-0.15, -0.1) is 0 Å². The van der Waals surface area contributed by atoms with E-state index in [0.717, 1.165) is 12.1 Å². The smallest absolute Gasteiger partial charge is 0.330 e. The van der Waals surface area contributed by atoms with Crippen molar-refractivity contribution >= 4 is 17.7 Å². The number of hydrogen-bond acceptors (Lipinski definition) is 5. The number of aromatic hydroxyl groups is 1. The maximum absolute atomic E-state index is 10.8. The van der Waals surface area contributed by atoms with Gasteiger partial charge in [0.2, 0.25) is 0 Å². The molecule has 1 rings (SSSR count). The van der Waals surface area contributed by atoms with E-state index < -0.39 is 10.9 Å². The molecule has 84 valence electrons. The number of rotatable bonds is 3. The van der Waals surface area contributed by atoms with Crippen molar-refractivity contribution in [2.75, 3.05) is 7.11 Å². The van der Waals surface area contributed by atoms with Gasteiger partial charge >= 0.3 is 5.97 Å². The van der Waals surface area contributed by atoms with E-state index in [1.54, 1.807) is 0 Å². The minimum absolute atomic E-state index is 0.215. The molecule has 6 nitrogen and oxygen atoms in total. The third-order valence-electron chi connectivity index (χ3n) is 1.82. The summed E-state index contributed by atoms with van der Waals surface area (Å²) in [6.45, 7) is 0. The number of methoxy groups -OCH3 is 1. The highest BCUT2D eigenvalue weighted by atomic mass is 16.6. The first-order valence-electron chi connectivity index (χ1n) is 4.28. The van der Waals surface area contributed by atoms with Crippen LogP contribution in [0.3, 0.4) is 0 Å². The van der Waals surface area contributed by atoms with Crippen LogP contribution in [0.4, 0.5) is 5.69 Å². The molecule has 1 aromatic carbocycles. The van der Waals surface area contributed by atoms with Crippen molar-refractivity contribution in [3.8, 4) is 5.75 Å². The van der Waals surface area contributed by atoms with Crippen LogP contribution in [0.2, 0.25) is 0 Å². The summed E-state index contributed by atoms with van der Waals surface area (Å²) in [5, 5.41) is 19.8. The molecule has 0 aromatic heterocycles. The number of hydrogen-bond donors (Lipinski definition) is 1. The van der Waals surface area contributed by atoms with E-state index in [4.69, 9.17) is 0 Å². The zero-order valence-electron chi connectivity index (χ0n) is 8.41. The SMILES string of the molecule is COC(=O)C=Cc1ccc([N+](=O)[O-])cc1O. The van der Waals surface area contributed by atoms with Crippen LogP contribution in [0.1, 0.15) is 5.56 Å². The normalized spacial score (nSPS) is 10.3. The lowest BCUT2D eigenvalue weighted by Gasteiger charge is -1.98. The number of carbonyl (C=O) groups excluding carboxylic acids is 1. The molecule has 0 saturated heterocycles. The molecule has 1 N–H and O–H groups in total. The zero-order valence-corrected chi connectivity index (χ0v) is 8.41. The number of nitrogens with zero attached hydrogens (tertiary/aromatic N) is 1. The molecule has 0 unspecified atom stereocenters. The number of phenols is 1. The van der Waals surface area contributed by atoms with Gasteiger partial charge in [-0.3, -0.25) is 10.1 Å². The minimum atomic E-state index is -0.618. The number of benzene rings is 1. The van der Waals surface area contributed by atoms with E-state index in [-0.39, 0.29) is 11.4 Å². The highest BCUT2D eigenvalue weighted by molar-refractivity contribution is 5.87. The van der Waals surface area contributed by atoms with E-state index in [2.05, 4.69) is 4.74 Å². The lowest BCUT2D eigenvalue weighted by molar-refractivity contribution is -0.384. The van der Waals surface area contributed by atoms with Crippen molar-refractivity contribution in [3.05, 3.63) is 40.0 Å². The van der Waals surface area contributed by atoms with Gasteiger partial charge in [-0.1, -0.05) is 0 Å². The van der Waals surface area contributed by atoms with Crippen LogP contribution in [0.15, 0.2) is 24.3 Å². The molecule has 0 bridgehead atoms. The Morgan fingerprint density at radius 2 is 2.25 bits per heavy atom. The van der Waals surface area contributed by atoms with Gasteiger partial charge in [-0.25, -0.2) is 4.79 Å². The van der Waals surface area contributed by atoms with Gasteiger partial charge in [0.1, 0.15) is 5.75 Å². The largest absolute Gasteiger partial charge is 0.507 e. The molecule has 0 amide bonds. The molecule has 16 heavy (non-hydrogen) atoms. The monoisotopic (exact) mass is 223 g/mol. The fourth-order valence-electron chi connectivity index (χ4n) is 1.01. The first kappa shape index (κ1) is 11.7. The van der Waals surface area contributed by atoms with Crippen LogP contribution in [0, 0.1) is 10.1 Å². The van der Waals surface area contributed by atoms with Gasteiger partial charge in [0, 0.05) is 17.7 Å². The number of esters is 1. The van der Waals surface area contributed by atoms with Crippen molar-refractivity contribution in [2.45, 2.75) is 0 Å². The van der Waals surface area contributed by atoms with Crippen LogP contribution in [0.25, 0.3) is 6.08 Å². The lowest BCUT2D eigenvalue weighted by Crippen LogP contribution is -1.93. The number of nitro benzene ring substituents is 1. The molecule has 0 heterocycles. The topological polar surface area (TPSA) is 89.7 Å². The van der Waals surface area contributed by atoms with Crippen LogP contribution < -0.4 is 0 Å². The van der Waals surface area contributed by atoms with E-state index in [1.807, 2.05) is 0 Å². The number of nitro groups is 1. The second kappa shape index (κ2) is 4.92. The van der Waals surface area contributed by atoms with Crippen LogP contribution in [0.5, 0.6) is 5.75 Å². The van der Waals surface area contributed by atoms with Gasteiger partial charge in [0.05, 0.1) is 18.1 Å². The first-order valence-corrected chi connectivity index (χ1v) is 4.28. The summed E-state index contributed by atoms with van der Waals surface area (Å²) in [6.07, 6.45) is 2.42. The summed E-state index contributed by atoms with van der Waals surface area (Å²) in [6, 6.07) is 3.58.